The van der Waals surface area contributed by atoms with E-state index < -0.39 is 5.97 Å². The van der Waals surface area contributed by atoms with Crippen LogP contribution in [-0.4, -0.2) is 20.8 Å². The van der Waals surface area contributed by atoms with Gasteiger partial charge in [0, 0.05) is 29.6 Å². The molecule has 3 rings (SSSR count). The lowest BCUT2D eigenvalue weighted by atomic mass is 10.2. The van der Waals surface area contributed by atoms with Gasteiger partial charge in [-0.05, 0) is 45.4 Å². The quantitative estimate of drug-likeness (QED) is 0.522. The van der Waals surface area contributed by atoms with Crippen molar-refractivity contribution in [3.05, 3.63) is 58.4 Å². The summed E-state index contributed by atoms with van der Waals surface area (Å²) in [5, 5.41) is 7.81. The fourth-order valence-electron chi connectivity index (χ4n) is 2.60. The molecule has 0 amide bonds. The Morgan fingerprint density at radius 2 is 1.84 bits per heavy atom. The van der Waals surface area contributed by atoms with E-state index in [-0.39, 0.29) is 6.61 Å². The van der Waals surface area contributed by atoms with E-state index in [1.165, 1.54) is 6.08 Å². The van der Waals surface area contributed by atoms with Crippen molar-refractivity contribution in [3.63, 3.8) is 0 Å². The summed E-state index contributed by atoms with van der Waals surface area (Å²) < 4.78 is 17.2. The number of aryl methyl sites for hydroxylation is 3. The van der Waals surface area contributed by atoms with E-state index in [2.05, 4.69) is 10.3 Å². The zero-order valence-corrected chi connectivity index (χ0v) is 14.6. The summed E-state index contributed by atoms with van der Waals surface area (Å²) >= 11 is 0. The van der Waals surface area contributed by atoms with Crippen LogP contribution in [0.5, 0.6) is 0 Å². The molecule has 0 aliphatic heterocycles. The molecular weight excluding hydrogens is 322 g/mol. The number of nitrogens with zero attached hydrogens (tertiary/aromatic N) is 3. The van der Waals surface area contributed by atoms with Gasteiger partial charge in [-0.25, -0.2) is 4.79 Å². The third kappa shape index (κ3) is 3.71. The first-order valence-corrected chi connectivity index (χ1v) is 7.83. The van der Waals surface area contributed by atoms with E-state index >= 15 is 0 Å². The van der Waals surface area contributed by atoms with Crippen molar-refractivity contribution in [3.8, 4) is 5.82 Å². The Labute approximate surface area is 144 Å². The first kappa shape index (κ1) is 16.8. The first-order chi connectivity index (χ1) is 11.9. The number of carbonyl (C=O) groups excluding carboxylic acids is 1. The molecule has 3 aromatic heterocycles. The van der Waals surface area contributed by atoms with Crippen LogP contribution in [0, 0.1) is 27.7 Å². The van der Waals surface area contributed by atoms with E-state index in [9.17, 15) is 4.79 Å². The third-order valence-corrected chi connectivity index (χ3v) is 3.75. The van der Waals surface area contributed by atoms with Crippen molar-refractivity contribution in [1.82, 2.24) is 14.9 Å². The Morgan fingerprint density at radius 1 is 1.12 bits per heavy atom. The molecule has 0 fully saturated rings. The van der Waals surface area contributed by atoms with Crippen molar-refractivity contribution < 1.29 is 18.6 Å². The number of esters is 1. The summed E-state index contributed by atoms with van der Waals surface area (Å²) in [5.74, 6) is 1.70. The molecule has 7 heteroatoms. The highest BCUT2D eigenvalue weighted by atomic mass is 16.5. The molecule has 0 radical (unpaired) electrons. The molecule has 3 heterocycles. The van der Waals surface area contributed by atoms with Gasteiger partial charge >= 0.3 is 5.97 Å². The predicted octanol–water partition coefficient (Wildman–Crippen LogP) is 3.44. The average molecular weight is 341 g/mol. The summed E-state index contributed by atoms with van der Waals surface area (Å²) in [6, 6.07) is 5.57. The minimum absolute atomic E-state index is 0.0811. The molecule has 0 aliphatic rings. The zero-order valence-electron chi connectivity index (χ0n) is 14.6. The van der Waals surface area contributed by atoms with Crippen molar-refractivity contribution >= 4 is 12.0 Å². The highest BCUT2D eigenvalue weighted by Crippen LogP contribution is 2.21. The van der Waals surface area contributed by atoms with E-state index in [0.717, 1.165) is 28.5 Å². The topological polar surface area (TPSA) is 83.3 Å². The fraction of sp³-hybridized carbons (Fsp3) is 0.278. The average Bonchev–Trinajstić information content (AvgIpc) is 3.24. The summed E-state index contributed by atoms with van der Waals surface area (Å²) in [6.45, 7) is 7.64. The van der Waals surface area contributed by atoms with E-state index in [1.54, 1.807) is 19.1 Å². The predicted molar refractivity (Wildman–Crippen MR) is 90.1 cm³/mol. The van der Waals surface area contributed by atoms with E-state index in [1.807, 2.05) is 37.5 Å². The number of hydrogen-bond donors (Lipinski definition) is 0. The van der Waals surface area contributed by atoms with Gasteiger partial charge in [0.2, 0.25) is 0 Å². The highest BCUT2D eigenvalue weighted by molar-refractivity contribution is 5.87. The van der Waals surface area contributed by atoms with Gasteiger partial charge in [-0.2, -0.15) is 0 Å². The smallest absolute Gasteiger partial charge is 0.331 e. The molecule has 0 bridgehead atoms. The normalized spacial score (nSPS) is 11.4. The second kappa shape index (κ2) is 6.80. The number of rotatable bonds is 5. The Hall–Kier alpha value is -3.09. The molecular formula is C18H19N3O4. The van der Waals surface area contributed by atoms with Crippen LogP contribution in [0.3, 0.4) is 0 Å². The highest BCUT2D eigenvalue weighted by Gasteiger charge is 2.12. The van der Waals surface area contributed by atoms with Gasteiger partial charge in [0.05, 0.1) is 0 Å². The zero-order chi connectivity index (χ0) is 18.0. The Bertz CT molecular complexity index is 930. The van der Waals surface area contributed by atoms with Crippen LogP contribution in [0.4, 0.5) is 0 Å². The van der Waals surface area contributed by atoms with Crippen molar-refractivity contribution in [1.29, 1.82) is 0 Å². The molecule has 0 atom stereocenters. The largest absolute Gasteiger partial charge is 0.456 e. The molecule has 0 aliphatic carbocycles. The first-order valence-electron chi connectivity index (χ1n) is 7.83. The Balaban J connectivity index is 1.70. The van der Waals surface area contributed by atoms with Crippen molar-refractivity contribution in [2.24, 2.45) is 0 Å². The number of carbonyl (C=O) groups is 1. The summed E-state index contributed by atoms with van der Waals surface area (Å²) in [7, 11) is 0. The second-order valence-corrected chi connectivity index (χ2v) is 5.83. The van der Waals surface area contributed by atoms with Crippen molar-refractivity contribution in [2.75, 3.05) is 0 Å². The lowest BCUT2D eigenvalue weighted by Gasteiger charge is -2.03. The number of aromatic nitrogens is 3. The standard InChI is InChI=1S/C18H19N3O4/c1-11-7-15(14(4)21(11)17-9-13(3)25-20-17)5-6-18(22)23-10-16-8-12(2)24-19-16/h5-9H,10H2,1-4H3/b6-5+. The van der Waals surface area contributed by atoms with Gasteiger partial charge in [0.25, 0.3) is 0 Å². The molecule has 130 valence electrons. The van der Waals surface area contributed by atoms with Crippen LogP contribution < -0.4 is 0 Å². The minimum Gasteiger partial charge on any atom is -0.456 e. The minimum atomic E-state index is -0.442. The molecule has 0 saturated carbocycles. The monoisotopic (exact) mass is 341 g/mol. The maximum atomic E-state index is 11.9. The van der Waals surface area contributed by atoms with Gasteiger partial charge in [-0.3, -0.25) is 4.57 Å². The number of ether oxygens (including phenoxy) is 1. The summed E-state index contributed by atoms with van der Waals surface area (Å²) in [4.78, 5) is 11.9. The van der Waals surface area contributed by atoms with Gasteiger partial charge in [0.1, 0.15) is 23.8 Å². The molecule has 7 nitrogen and oxygen atoms in total. The lowest BCUT2D eigenvalue weighted by Crippen LogP contribution is -2.01. The Morgan fingerprint density at radius 3 is 2.48 bits per heavy atom. The molecule has 0 unspecified atom stereocenters. The Kier molecular flexibility index (Phi) is 4.56. The van der Waals surface area contributed by atoms with Crippen LogP contribution in [0.15, 0.2) is 33.3 Å². The van der Waals surface area contributed by atoms with Crippen molar-refractivity contribution in [2.45, 2.75) is 34.3 Å². The third-order valence-electron chi connectivity index (χ3n) is 3.75. The molecule has 0 saturated heterocycles. The van der Waals surface area contributed by atoms with Gasteiger partial charge in [-0.15, -0.1) is 0 Å². The lowest BCUT2D eigenvalue weighted by molar-refractivity contribution is -0.139. The summed E-state index contributed by atoms with van der Waals surface area (Å²) in [6.07, 6.45) is 3.12. The van der Waals surface area contributed by atoms with Crippen LogP contribution >= 0.6 is 0 Å². The molecule has 25 heavy (non-hydrogen) atoms. The SMILES string of the molecule is Cc1cc(COC(=O)/C=C/c2cc(C)n(-c3cc(C)on3)c2C)no1. The van der Waals surface area contributed by atoms with Crippen LogP contribution in [0.2, 0.25) is 0 Å². The van der Waals surface area contributed by atoms with Gasteiger partial charge in [0.15, 0.2) is 5.82 Å². The number of hydrogen-bond acceptors (Lipinski definition) is 6. The summed E-state index contributed by atoms with van der Waals surface area (Å²) in [5.41, 5.74) is 3.45. The maximum absolute atomic E-state index is 11.9. The van der Waals surface area contributed by atoms with Crippen LogP contribution in [0.1, 0.15) is 34.2 Å². The van der Waals surface area contributed by atoms with Gasteiger partial charge in [-0.1, -0.05) is 10.3 Å². The van der Waals surface area contributed by atoms with Gasteiger partial charge < -0.3 is 13.8 Å². The van der Waals surface area contributed by atoms with Crippen LogP contribution in [-0.2, 0) is 16.1 Å². The fourth-order valence-corrected chi connectivity index (χ4v) is 2.60. The molecule has 3 aromatic rings. The van der Waals surface area contributed by atoms with E-state index in [4.69, 9.17) is 13.8 Å². The van der Waals surface area contributed by atoms with E-state index in [0.29, 0.717) is 11.5 Å². The maximum Gasteiger partial charge on any atom is 0.331 e. The molecule has 0 spiro atoms. The van der Waals surface area contributed by atoms with Crippen LogP contribution in [0.25, 0.3) is 11.9 Å². The second-order valence-electron chi connectivity index (χ2n) is 5.83. The molecule has 0 aromatic carbocycles. The molecule has 0 N–H and O–H groups in total.